The molecule has 0 aromatic rings. The van der Waals surface area contributed by atoms with Gasteiger partial charge in [0.1, 0.15) is 17.5 Å². The van der Waals surface area contributed by atoms with E-state index in [1.165, 1.54) is 0 Å². The Hall–Kier alpha value is -1.34. The summed E-state index contributed by atoms with van der Waals surface area (Å²) in [6.45, 7) is 2.11. The molecule has 0 N–H and O–H groups in total. The van der Waals surface area contributed by atoms with Crippen LogP contribution in [-0.4, -0.2) is 81.4 Å². The number of esters is 1. The van der Waals surface area contributed by atoms with Crippen molar-refractivity contribution in [1.82, 2.24) is 9.80 Å². The van der Waals surface area contributed by atoms with Crippen molar-refractivity contribution in [2.24, 2.45) is 5.92 Å². The molecule has 0 heterocycles. The zero-order valence-electron chi connectivity index (χ0n) is 18.5. The van der Waals surface area contributed by atoms with Crippen LogP contribution >= 0.6 is 0 Å². The van der Waals surface area contributed by atoms with E-state index in [2.05, 4.69) is 23.9 Å². The minimum atomic E-state index is -0.523. The minimum absolute atomic E-state index is 0.0443. The average Bonchev–Trinajstić information content (AvgIpc) is 2.86. The number of Topliss-reactive ketones (excluding diaryl/α,β-unsaturated/α-hetero) is 2. The average molecular weight is 403 g/mol. The molecule has 28 heavy (non-hydrogen) atoms. The molecule has 0 spiro atoms. The summed E-state index contributed by atoms with van der Waals surface area (Å²) < 4.78 is 14.4. The van der Waals surface area contributed by atoms with E-state index < -0.39 is 5.92 Å². The first-order valence-corrected chi connectivity index (χ1v) is 10.2. The Morgan fingerprint density at radius 3 is 1.82 bits per heavy atom. The number of alkyl halides is 1. The van der Waals surface area contributed by atoms with Crippen LogP contribution in [0.4, 0.5) is 4.39 Å². The van der Waals surface area contributed by atoms with Gasteiger partial charge in [0.25, 0.3) is 0 Å². The highest BCUT2D eigenvalue weighted by atomic mass is 19.1. The molecule has 2 aliphatic rings. The van der Waals surface area contributed by atoms with Gasteiger partial charge in [0.05, 0.1) is 13.8 Å². The predicted molar refractivity (Wildman–Crippen MR) is 109 cm³/mol. The molecule has 7 heteroatoms. The summed E-state index contributed by atoms with van der Waals surface area (Å²) in [5.74, 6) is -0.377. The van der Waals surface area contributed by atoms with Crippen LogP contribution in [-0.2, 0) is 19.1 Å². The molecule has 0 aromatic carbocycles. The van der Waals surface area contributed by atoms with Gasteiger partial charge in [-0.3, -0.25) is 18.8 Å². The summed E-state index contributed by atoms with van der Waals surface area (Å²) in [4.78, 5) is 38.5. The monoisotopic (exact) mass is 402 g/mol. The van der Waals surface area contributed by atoms with Gasteiger partial charge in [0.15, 0.2) is 0 Å². The summed E-state index contributed by atoms with van der Waals surface area (Å²) in [6, 6.07) is 1.06. The van der Waals surface area contributed by atoms with Crippen molar-refractivity contribution >= 4 is 17.5 Å². The minimum Gasteiger partial charge on any atom is -0.465 e. The molecule has 6 nitrogen and oxygen atoms in total. The van der Waals surface area contributed by atoms with Gasteiger partial charge in [-0.1, -0.05) is 0 Å². The van der Waals surface area contributed by atoms with Crippen molar-refractivity contribution in [3.8, 4) is 0 Å². The number of ether oxygens (including phenoxy) is 1. The van der Waals surface area contributed by atoms with Gasteiger partial charge in [-0.25, -0.2) is 0 Å². The summed E-state index contributed by atoms with van der Waals surface area (Å²) in [5, 5.41) is 0. The first-order valence-electron chi connectivity index (χ1n) is 10.2. The largest absolute Gasteiger partial charge is 0.465 e. The smallest absolute Gasteiger partial charge is 0.316 e. The summed E-state index contributed by atoms with van der Waals surface area (Å²) in [5.41, 5.74) is 0. The van der Waals surface area contributed by atoms with Crippen LogP contribution in [0.3, 0.4) is 0 Å². The summed E-state index contributed by atoms with van der Waals surface area (Å²) in [7, 11) is 8.70. The third-order valence-electron chi connectivity index (χ3n) is 5.45. The van der Waals surface area contributed by atoms with Gasteiger partial charge in [0.2, 0.25) is 0 Å². The van der Waals surface area contributed by atoms with Gasteiger partial charge in [-0.15, -0.1) is 0 Å². The van der Waals surface area contributed by atoms with E-state index in [0.717, 1.165) is 38.5 Å². The van der Waals surface area contributed by atoms with Gasteiger partial charge in [-0.2, -0.15) is 0 Å². The number of hydrogen-bond donors (Lipinski definition) is 0. The second-order valence-electron chi connectivity index (χ2n) is 7.74. The van der Waals surface area contributed by atoms with Crippen LogP contribution < -0.4 is 0 Å². The molecule has 0 saturated heterocycles. The van der Waals surface area contributed by atoms with E-state index >= 15 is 0 Å². The summed E-state index contributed by atoms with van der Waals surface area (Å²) in [6.07, 6.45) is 6.57. The fourth-order valence-corrected chi connectivity index (χ4v) is 3.60. The molecule has 0 aromatic heterocycles. The van der Waals surface area contributed by atoms with Crippen molar-refractivity contribution in [2.75, 3.05) is 42.0 Å². The predicted octanol–water partition coefficient (Wildman–Crippen LogP) is 2.88. The van der Waals surface area contributed by atoms with E-state index in [1.54, 1.807) is 6.92 Å². The molecule has 0 radical (unpaired) electrons. The molecular weight excluding hydrogens is 363 g/mol. The first kappa shape index (κ1) is 26.7. The van der Waals surface area contributed by atoms with Crippen molar-refractivity contribution < 1.29 is 23.5 Å². The van der Waals surface area contributed by atoms with Crippen LogP contribution in [0.15, 0.2) is 0 Å². The standard InChI is InChI=1S/C12H21NO3.C8H15NO.CH3F/c1-4-16-12(15)10-7-5-9(13(2)3)6-8-11(10)14;1-9(2)7-3-5-8(10)6-4-7;1-2/h9-10H,4-8H2,1-3H3;7H,3-6H2,1-2H3;1H3. The van der Waals surface area contributed by atoms with Crippen molar-refractivity contribution in [2.45, 2.75) is 70.4 Å². The molecule has 0 aliphatic heterocycles. The van der Waals surface area contributed by atoms with E-state index in [4.69, 9.17) is 4.74 Å². The lowest BCUT2D eigenvalue weighted by molar-refractivity contribution is -0.151. The van der Waals surface area contributed by atoms with Crippen LogP contribution in [0.5, 0.6) is 0 Å². The Labute approximate surface area is 169 Å². The topological polar surface area (TPSA) is 66.9 Å². The molecular formula is C21H39FN2O4. The first-order chi connectivity index (χ1) is 13.3. The number of halogens is 1. The number of carbonyl (C=O) groups is 3. The lowest BCUT2D eigenvalue weighted by Crippen LogP contribution is -2.32. The Morgan fingerprint density at radius 2 is 1.36 bits per heavy atom. The lowest BCUT2D eigenvalue weighted by atomic mass is 9.94. The van der Waals surface area contributed by atoms with Gasteiger partial charge in [-0.05, 0) is 67.2 Å². The highest BCUT2D eigenvalue weighted by Crippen LogP contribution is 2.24. The Kier molecular flexibility index (Phi) is 13.9. The Morgan fingerprint density at radius 1 is 0.893 bits per heavy atom. The fraction of sp³-hybridized carbons (Fsp3) is 0.857. The van der Waals surface area contributed by atoms with Gasteiger partial charge < -0.3 is 14.5 Å². The van der Waals surface area contributed by atoms with Gasteiger partial charge in [0, 0.05) is 31.3 Å². The Bertz CT molecular complexity index is 473. The van der Waals surface area contributed by atoms with E-state index in [-0.39, 0.29) is 11.8 Å². The number of nitrogens with zero attached hydrogens (tertiary/aromatic N) is 2. The molecule has 2 aliphatic carbocycles. The second-order valence-corrected chi connectivity index (χ2v) is 7.74. The third-order valence-corrected chi connectivity index (χ3v) is 5.45. The van der Waals surface area contributed by atoms with Crippen molar-refractivity contribution in [1.29, 1.82) is 0 Å². The maximum atomic E-state index is 11.8. The van der Waals surface area contributed by atoms with Crippen LogP contribution in [0, 0.1) is 5.92 Å². The number of ketones is 2. The molecule has 0 bridgehead atoms. The third kappa shape index (κ3) is 9.73. The normalized spacial score (nSPS) is 23.3. The molecule has 2 rings (SSSR count). The fourth-order valence-electron chi connectivity index (χ4n) is 3.60. The molecule has 2 unspecified atom stereocenters. The van der Waals surface area contributed by atoms with Crippen LogP contribution in [0.2, 0.25) is 0 Å². The SMILES string of the molecule is CCOC(=O)C1CCC(N(C)C)CCC1=O.CF.CN(C)C1CCC(=O)CC1. The molecule has 2 saturated carbocycles. The van der Waals surface area contributed by atoms with Crippen LogP contribution in [0.25, 0.3) is 0 Å². The molecule has 2 fully saturated rings. The second kappa shape index (κ2) is 14.6. The van der Waals surface area contributed by atoms with Crippen molar-refractivity contribution in [3.63, 3.8) is 0 Å². The quantitative estimate of drug-likeness (QED) is 0.409. The number of rotatable bonds is 4. The van der Waals surface area contributed by atoms with E-state index in [9.17, 15) is 18.8 Å². The summed E-state index contributed by atoms with van der Waals surface area (Å²) >= 11 is 0. The van der Waals surface area contributed by atoms with E-state index in [0.29, 0.717) is 44.5 Å². The van der Waals surface area contributed by atoms with Crippen LogP contribution in [0.1, 0.15) is 58.3 Å². The van der Waals surface area contributed by atoms with E-state index in [1.807, 2.05) is 14.1 Å². The zero-order valence-corrected chi connectivity index (χ0v) is 18.5. The zero-order chi connectivity index (χ0) is 21.7. The Balaban J connectivity index is 0.000000520. The lowest BCUT2D eigenvalue weighted by Gasteiger charge is -2.26. The highest BCUT2D eigenvalue weighted by molar-refractivity contribution is 5.99. The number of hydrogen-bond acceptors (Lipinski definition) is 6. The molecule has 2 atom stereocenters. The molecule has 0 amide bonds. The highest BCUT2D eigenvalue weighted by Gasteiger charge is 2.32. The van der Waals surface area contributed by atoms with Gasteiger partial charge >= 0.3 is 5.97 Å². The molecule has 164 valence electrons. The van der Waals surface area contributed by atoms with Crippen molar-refractivity contribution in [3.05, 3.63) is 0 Å². The maximum absolute atomic E-state index is 11.8. The number of carbonyl (C=O) groups excluding carboxylic acids is 3. The maximum Gasteiger partial charge on any atom is 0.316 e.